The first-order chi connectivity index (χ1) is 9.36. The van der Waals surface area contributed by atoms with Crippen molar-refractivity contribution < 1.29 is 18.8 Å². The number of quaternary nitrogens is 1. The number of benzene rings is 1. The van der Waals surface area contributed by atoms with Crippen LogP contribution in [0.1, 0.15) is 19.3 Å². The predicted molar refractivity (Wildman–Crippen MR) is 72.1 cm³/mol. The molecule has 0 unspecified atom stereocenters. The molecule has 1 saturated heterocycles. The standard InChI is InChI=1S/C15H22FNO2/c16-14-6-2-3-7-15(14)19-13-12-18-11-10-17-8-4-1-5-9-17/h2-3,6-7H,1,4-5,8-13H2/p+1. The van der Waals surface area contributed by atoms with Gasteiger partial charge in [-0.1, -0.05) is 12.1 Å². The molecule has 0 radical (unpaired) electrons. The summed E-state index contributed by atoms with van der Waals surface area (Å²) in [7, 11) is 0. The van der Waals surface area contributed by atoms with Gasteiger partial charge in [0.2, 0.25) is 0 Å². The molecule has 0 atom stereocenters. The third-order valence-electron chi connectivity index (χ3n) is 3.48. The maximum absolute atomic E-state index is 13.2. The topological polar surface area (TPSA) is 22.9 Å². The second kappa shape index (κ2) is 8.12. The number of halogens is 1. The van der Waals surface area contributed by atoms with Crippen LogP contribution in [0, 0.1) is 5.82 Å². The smallest absolute Gasteiger partial charge is 0.165 e. The van der Waals surface area contributed by atoms with Gasteiger partial charge in [-0.05, 0) is 31.4 Å². The molecule has 106 valence electrons. The van der Waals surface area contributed by atoms with Gasteiger partial charge in [-0.2, -0.15) is 0 Å². The Morgan fingerprint density at radius 3 is 2.58 bits per heavy atom. The van der Waals surface area contributed by atoms with E-state index < -0.39 is 0 Å². The second-order valence-electron chi connectivity index (χ2n) is 4.95. The highest BCUT2D eigenvalue weighted by atomic mass is 19.1. The van der Waals surface area contributed by atoms with Crippen molar-refractivity contribution in [2.45, 2.75) is 19.3 Å². The second-order valence-corrected chi connectivity index (χ2v) is 4.95. The maximum Gasteiger partial charge on any atom is 0.165 e. The summed E-state index contributed by atoms with van der Waals surface area (Å²) in [6.45, 7) is 5.29. The summed E-state index contributed by atoms with van der Waals surface area (Å²) in [6.07, 6.45) is 4.05. The Hall–Kier alpha value is -1.13. The molecule has 1 heterocycles. The van der Waals surface area contributed by atoms with Gasteiger partial charge in [0.1, 0.15) is 13.2 Å². The molecular formula is C15H23FNO2+. The van der Waals surface area contributed by atoms with Gasteiger partial charge in [0.15, 0.2) is 11.6 Å². The quantitative estimate of drug-likeness (QED) is 0.753. The fourth-order valence-electron chi connectivity index (χ4n) is 2.39. The van der Waals surface area contributed by atoms with E-state index in [2.05, 4.69) is 0 Å². The van der Waals surface area contributed by atoms with Crippen LogP contribution in [0.25, 0.3) is 0 Å². The monoisotopic (exact) mass is 268 g/mol. The largest absolute Gasteiger partial charge is 0.488 e. The van der Waals surface area contributed by atoms with Crippen molar-refractivity contribution in [3.63, 3.8) is 0 Å². The Balaban J connectivity index is 1.51. The van der Waals surface area contributed by atoms with E-state index >= 15 is 0 Å². The molecule has 1 aromatic rings. The first kappa shape index (κ1) is 14.3. The molecule has 1 fully saturated rings. The number of nitrogens with one attached hydrogen (secondary N) is 1. The molecule has 2 rings (SSSR count). The molecule has 3 nitrogen and oxygen atoms in total. The van der Waals surface area contributed by atoms with E-state index in [4.69, 9.17) is 9.47 Å². The van der Waals surface area contributed by atoms with Crippen molar-refractivity contribution in [3.8, 4) is 5.75 Å². The number of para-hydroxylation sites is 1. The van der Waals surface area contributed by atoms with Crippen molar-refractivity contribution in [1.29, 1.82) is 0 Å². The molecule has 19 heavy (non-hydrogen) atoms. The number of likely N-dealkylation sites (tertiary alicyclic amines) is 1. The maximum atomic E-state index is 13.2. The summed E-state index contributed by atoms with van der Waals surface area (Å²) in [5.41, 5.74) is 0. The minimum absolute atomic E-state index is 0.299. The van der Waals surface area contributed by atoms with E-state index in [-0.39, 0.29) is 5.82 Å². The minimum Gasteiger partial charge on any atom is -0.488 e. The van der Waals surface area contributed by atoms with Gasteiger partial charge in [-0.15, -0.1) is 0 Å². The zero-order valence-electron chi connectivity index (χ0n) is 11.4. The van der Waals surface area contributed by atoms with Crippen LogP contribution in [0.15, 0.2) is 24.3 Å². The third kappa shape index (κ3) is 5.17. The molecule has 1 N–H and O–H groups in total. The molecule has 0 aromatic heterocycles. The summed E-state index contributed by atoms with van der Waals surface area (Å²) in [4.78, 5) is 1.64. The molecule has 4 heteroatoms. The van der Waals surface area contributed by atoms with Gasteiger partial charge in [0.25, 0.3) is 0 Å². The van der Waals surface area contributed by atoms with E-state index in [1.807, 2.05) is 0 Å². The SMILES string of the molecule is Fc1ccccc1OCCOCC[NH+]1CCCCC1. The van der Waals surface area contributed by atoms with Crippen LogP contribution in [0.3, 0.4) is 0 Å². The predicted octanol–water partition coefficient (Wildman–Crippen LogP) is 1.29. The number of hydrogen-bond donors (Lipinski definition) is 1. The first-order valence-corrected chi connectivity index (χ1v) is 7.15. The van der Waals surface area contributed by atoms with Crippen LogP contribution in [0.4, 0.5) is 4.39 Å². The molecule has 0 saturated carbocycles. The summed E-state index contributed by atoms with van der Waals surface area (Å²) in [5.74, 6) is -0.0204. The van der Waals surface area contributed by atoms with E-state index in [9.17, 15) is 4.39 Å². The Kier molecular flexibility index (Phi) is 6.11. The molecule has 0 amide bonds. The van der Waals surface area contributed by atoms with Crippen LogP contribution >= 0.6 is 0 Å². The highest BCUT2D eigenvalue weighted by molar-refractivity contribution is 5.23. The van der Waals surface area contributed by atoms with Crippen molar-refractivity contribution in [1.82, 2.24) is 0 Å². The van der Waals surface area contributed by atoms with Gasteiger partial charge < -0.3 is 14.4 Å². The summed E-state index contributed by atoms with van der Waals surface area (Å²) >= 11 is 0. The molecule has 0 aliphatic carbocycles. The molecule has 0 spiro atoms. The lowest BCUT2D eigenvalue weighted by molar-refractivity contribution is -0.905. The highest BCUT2D eigenvalue weighted by Crippen LogP contribution is 2.14. The average molecular weight is 268 g/mol. The molecule has 0 bridgehead atoms. The van der Waals surface area contributed by atoms with Crippen molar-refractivity contribution in [2.24, 2.45) is 0 Å². The normalized spacial score (nSPS) is 16.5. The van der Waals surface area contributed by atoms with Crippen LogP contribution in [0.2, 0.25) is 0 Å². The van der Waals surface area contributed by atoms with Crippen molar-refractivity contribution >= 4 is 0 Å². The lowest BCUT2D eigenvalue weighted by Gasteiger charge is -2.23. The summed E-state index contributed by atoms with van der Waals surface area (Å²) in [5, 5.41) is 0. The molecular weight excluding hydrogens is 245 g/mol. The lowest BCUT2D eigenvalue weighted by atomic mass is 10.1. The third-order valence-corrected chi connectivity index (χ3v) is 3.48. The van der Waals surface area contributed by atoms with E-state index in [0.29, 0.717) is 19.0 Å². The minimum atomic E-state index is -0.319. The Bertz CT molecular complexity index is 367. The van der Waals surface area contributed by atoms with Gasteiger partial charge in [0.05, 0.1) is 26.3 Å². The molecule has 1 aliphatic rings. The molecule has 1 aromatic carbocycles. The average Bonchev–Trinajstić information content (AvgIpc) is 2.45. The van der Waals surface area contributed by atoms with Crippen LogP contribution in [-0.4, -0.2) is 39.5 Å². The Morgan fingerprint density at radius 2 is 1.79 bits per heavy atom. The fraction of sp³-hybridized carbons (Fsp3) is 0.600. The number of rotatable bonds is 7. The summed E-state index contributed by atoms with van der Waals surface area (Å²) < 4.78 is 24.1. The van der Waals surface area contributed by atoms with Crippen molar-refractivity contribution in [3.05, 3.63) is 30.1 Å². The molecule has 1 aliphatic heterocycles. The Labute approximate surface area is 114 Å². The van der Waals surface area contributed by atoms with Gasteiger partial charge in [0, 0.05) is 0 Å². The van der Waals surface area contributed by atoms with Gasteiger partial charge in [-0.3, -0.25) is 0 Å². The lowest BCUT2D eigenvalue weighted by Crippen LogP contribution is -3.13. The van der Waals surface area contributed by atoms with Crippen LogP contribution in [-0.2, 0) is 4.74 Å². The number of piperidine rings is 1. The first-order valence-electron chi connectivity index (χ1n) is 7.15. The van der Waals surface area contributed by atoms with Crippen LogP contribution < -0.4 is 9.64 Å². The van der Waals surface area contributed by atoms with E-state index in [1.165, 1.54) is 38.4 Å². The zero-order chi connectivity index (χ0) is 13.3. The van der Waals surface area contributed by atoms with E-state index in [0.717, 1.165) is 13.2 Å². The number of hydrogen-bond acceptors (Lipinski definition) is 2. The van der Waals surface area contributed by atoms with E-state index in [1.54, 1.807) is 23.1 Å². The van der Waals surface area contributed by atoms with Crippen LogP contribution in [0.5, 0.6) is 5.75 Å². The summed E-state index contributed by atoms with van der Waals surface area (Å²) in [6, 6.07) is 6.45. The highest BCUT2D eigenvalue weighted by Gasteiger charge is 2.12. The Morgan fingerprint density at radius 1 is 1.00 bits per heavy atom. The zero-order valence-corrected chi connectivity index (χ0v) is 11.4. The van der Waals surface area contributed by atoms with Crippen molar-refractivity contribution in [2.75, 3.05) is 39.5 Å². The number of ether oxygens (including phenoxy) is 2. The van der Waals surface area contributed by atoms with Gasteiger partial charge in [-0.25, -0.2) is 4.39 Å². The van der Waals surface area contributed by atoms with Gasteiger partial charge >= 0.3 is 0 Å². The fourth-order valence-corrected chi connectivity index (χ4v) is 2.39.